The topological polar surface area (TPSA) is 35.6 Å². The predicted molar refractivity (Wildman–Crippen MR) is 81.6 cm³/mol. The van der Waals surface area contributed by atoms with Crippen LogP contribution in [0.25, 0.3) is 0 Å². The Bertz CT molecular complexity index is 310. The van der Waals surface area contributed by atoms with Gasteiger partial charge >= 0.3 is 0 Å². The number of piperazine rings is 1. The van der Waals surface area contributed by atoms with Crippen LogP contribution in [0.3, 0.4) is 0 Å². The van der Waals surface area contributed by atoms with Crippen LogP contribution in [0.1, 0.15) is 27.2 Å². The number of hydrogen-bond acceptors (Lipinski definition) is 4. The van der Waals surface area contributed by atoms with Crippen molar-refractivity contribution in [1.82, 2.24) is 15.1 Å². The Morgan fingerprint density at radius 3 is 2.58 bits per heavy atom. The number of rotatable bonds is 3. The largest absolute Gasteiger partial charge is 0.340 e. The van der Waals surface area contributed by atoms with Crippen molar-refractivity contribution in [3.63, 3.8) is 0 Å². The Kier molecular flexibility index (Phi) is 5.15. The lowest BCUT2D eigenvalue weighted by atomic mass is 10.2. The zero-order valence-electron chi connectivity index (χ0n) is 12.4. The van der Waals surface area contributed by atoms with E-state index in [0.29, 0.717) is 17.7 Å². The number of nitrogens with zero attached hydrogens (tertiary/aromatic N) is 2. The Hall–Kier alpha value is -0.260. The SMILES string of the molecule is CC(C)(C)SCC(=O)N1CCC(N2CCNCC2)C1. The molecule has 0 aromatic heterocycles. The molecule has 2 saturated heterocycles. The smallest absolute Gasteiger partial charge is 0.232 e. The van der Waals surface area contributed by atoms with E-state index >= 15 is 0 Å². The lowest BCUT2D eigenvalue weighted by molar-refractivity contribution is -0.127. The minimum Gasteiger partial charge on any atom is -0.340 e. The van der Waals surface area contributed by atoms with E-state index in [1.807, 2.05) is 0 Å². The molecule has 0 aliphatic carbocycles. The summed E-state index contributed by atoms with van der Waals surface area (Å²) in [4.78, 5) is 16.8. The van der Waals surface area contributed by atoms with Gasteiger partial charge in [0, 0.05) is 50.1 Å². The molecule has 2 aliphatic rings. The van der Waals surface area contributed by atoms with Crippen molar-refractivity contribution >= 4 is 17.7 Å². The summed E-state index contributed by atoms with van der Waals surface area (Å²) in [5.41, 5.74) is 0. The molecule has 2 heterocycles. The zero-order valence-corrected chi connectivity index (χ0v) is 13.3. The molecule has 1 amide bonds. The van der Waals surface area contributed by atoms with Gasteiger partial charge in [0.2, 0.25) is 5.91 Å². The predicted octanol–water partition coefficient (Wildman–Crippen LogP) is 1.02. The summed E-state index contributed by atoms with van der Waals surface area (Å²) in [5, 5.41) is 3.38. The Balaban J connectivity index is 1.76. The van der Waals surface area contributed by atoms with Crippen molar-refractivity contribution in [3.05, 3.63) is 0 Å². The van der Waals surface area contributed by atoms with Crippen molar-refractivity contribution in [2.24, 2.45) is 0 Å². The second-order valence-corrected chi connectivity index (χ2v) is 8.27. The summed E-state index contributed by atoms with van der Waals surface area (Å²) in [5.74, 6) is 0.940. The van der Waals surface area contributed by atoms with Gasteiger partial charge in [-0.1, -0.05) is 20.8 Å². The van der Waals surface area contributed by atoms with Crippen LogP contribution >= 0.6 is 11.8 Å². The third kappa shape index (κ3) is 4.65. The zero-order chi connectivity index (χ0) is 13.9. The highest BCUT2D eigenvalue weighted by Crippen LogP contribution is 2.24. The summed E-state index contributed by atoms with van der Waals surface area (Å²) in [6.07, 6.45) is 1.14. The van der Waals surface area contributed by atoms with Gasteiger partial charge < -0.3 is 10.2 Å². The highest BCUT2D eigenvalue weighted by molar-refractivity contribution is 8.01. The number of likely N-dealkylation sites (tertiary alicyclic amines) is 1. The summed E-state index contributed by atoms with van der Waals surface area (Å²) in [7, 11) is 0. The van der Waals surface area contributed by atoms with Gasteiger partial charge in [0.1, 0.15) is 0 Å². The first-order valence-electron chi connectivity index (χ1n) is 7.32. The van der Waals surface area contributed by atoms with Crippen LogP contribution in [0.5, 0.6) is 0 Å². The molecule has 2 aliphatic heterocycles. The summed E-state index contributed by atoms with van der Waals surface area (Å²) >= 11 is 1.75. The van der Waals surface area contributed by atoms with Crippen molar-refractivity contribution in [2.75, 3.05) is 45.0 Å². The van der Waals surface area contributed by atoms with E-state index in [0.717, 1.165) is 45.7 Å². The molecule has 0 aromatic rings. The van der Waals surface area contributed by atoms with Crippen LogP contribution in [-0.2, 0) is 4.79 Å². The number of carbonyl (C=O) groups excluding carboxylic acids is 1. The van der Waals surface area contributed by atoms with Gasteiger partial charge in [-0.3, -0.25) is 9.69 Å². The lowest BCUT2D eigenvalue weighted by Gasteiger charge is -2.32. The first-order valence-corrected chi connectivity index (χ1v) is 8.31. The monoisotopic (exact) mass is 285 g/mol. The molecule has 5 heteroatoms. The first-order chi connectivity index (χ1) is 8.96. The van der Waals surface area contributed by atoms with Crippen LogP contribution in [0, 0.1) is 0 Å². The van der Waals surface area contributed by atoms with Gasteiger partial charge in [-0.25, -0.2) is 0 Å². The summed E-state index contributed by atoms with van der Waals surface area (Å²) in [6.45, 7) is 12.8. The van der Waals surface area contributed by atoms with E-state index < -0.39 is 0 Å². The molecule has 110 valence electrons. The van der Waals surface area contributed by atoms with Crippen molar-refractivity contribution in [3.8, 4) is 0 Å². The maximum atomic E-state index is 12.2. The van der Waals surface area contributed by atoms with E-state index in [9.17, 15) is 4.79 Å². The maximum absolute atomic E-state index is 12.2. The van der Waals surface area contributed by atoms with Gasteiger partial charge in [-0.2, -0.15) is 0 Å². The Labute approximate surface area is 121 Å². The summed E-state index contributed by atoms with van der Waals surface area (Å²) < 4.78 is 0.174. The normalized spacial score (nSPS) is 25.8. The van der Waals surface area contributed by atoms with Gasteiger partial charge in [0.05, 0.1) is 5.75 Å². The van der Waals surface area contributed by atoms with E-state index in [4.69, 9.17) is 0 Å². The Morgan fingerprint density at radius 1 is 1.26 bits per heavy atom. The molecule has 0 spiro atoms. The number of carbonyl (C=O) groups is 1. The van der Waals surface area contributed by atoms with Crippen molar-refractivity contribution < 1.29 is 4.79 Å². The van der Waals surface area contributed by atoms with Crippen molar-refractivity contribution in [1.29, 1.82) is 0 Å². The highest BCUT2D eigenvalue weighted by atomic mass is 32.2. The van der Waals surface area contributed by atoms with Crippen LogP contribution in [-0.4, -0.2) is 71.5 Å². The van der Waals surface area contributed by atoms with Crippen LogP contribution in [0.4, 0.5) is 0 Å². The molecule has 1 N–H and O–H groups in total. The minimum atomic E-state index is 0.174. The summed E-state index contributed by atoms with van der Waals surface area (Å²) in [6, 6.07) is 0.589. The average Bonchev–Trinajstić information content (AvgIpc) is 2.86. The second-order valence-electron chi connectivity index (χ2n) is 6.47. The molecular formula is C14H27N3OS. The Morgan fingerprint density at radius 2 is 1.95 bits per heavy atom. The fourth-order valence-electron chi connectivity index (χ4n) is 2.68. The van der Waals surface area contributed by atoms with E-state index in [-0.39, 0.29) is 4.75 Å². The molecular weight excluding hydrogens is 258 g/mol. The van der Waals surface area contributed by atoms with Crippen LogP contribution < -0.4 is 5.32 Å². The molecule has 2 fully saturated rings. The second kappa shape index (κ2) is 6.46. The fraction of sp³-hybridized carbons (Fsp3) is 0.929. The van der Waals surface area contributed by atoms with E-state index in [1.54, 1.807) is 11.8 Å². The quantitative estimate of drug-likeness (QED) is 0.840. The van der Waals surface area contributed by atoms with Crippen LogP contribution in [0.2, 0.25) is 0 Å². The third-order valence-electron chi connectivity index (χ3n) is 3.81. The molecule has 19 heavy (non-hydrogen) atoms. The molecule has 0 radical (unpaired) electrons. The molecule has 0 bridgehead atoms. The molecule has 1 atom stereocenters. The molecule has 4 nitrogen and oxygen atoms in total. The van der Waals surface area contributed by atoms with Gasteiger partial charge in [-0.15, -0.1) is 11.8 Å². The lowest BCUT2D eigenvalue weighted by Crippen LogP contribution is -2.49. The number of thioether (sulfide) groups is 1. The van der Waals surface area contributed by atoms with Gasteiger partial charge in [0.25, 0.3) is 0 Å². The number of hydrogen-bond donors (Lipinski definition) is 1. The van der Waals surface area contributed by atoms with E-state index in [1.165, 1.54) is 0 Å². The molecule has 2 rings (SSSR count). The highest BCUT2D eigenvalue weighted by Gasteiger charge is 2.31. The fourth-order valence-corrected chi connectivity index (χ4v) is 3.42. The van der Waals surface area contributed by atoms with Gasteiger partial charge in [0.15, 0.2) is 0 Å². The van der Waals surface area contributed by atoms with Crippen LogP contribution in [0.15, 0.2) is 0 Å². The standard InChI is InChI=1S/C14H27N3OS/c1-14(2,3)19-11-13(18)17-7-4-12(10-17)16-8-5-15-6-9-16/h12,15H,4-11H2,1-3H3. The van der Waals surface area contributed by atoms with E-state index in [2.05, 4.69) is 35.9 Å². The third-order valence-corrected chi connectivity index (χ3v) is 5.07. The molecule has 0 aromatic carbocycles. The first kappa shape index (κ1) is 15.1. The number of nitrogens with one attached hydrogen (secondary N) is 1. The van der Waals surface area contributed by atoms with Crippen molar-refractivity contribution in [2.45, 2.75) is 38.0 Å². The average molecular weight is 285 g/mol. The molecule has 0 saturated carbocycles. The van der Waals surface area contributed by atoms with Gasteiger partial charge in [-0.05, 0) is 6.42 Å². The minimum absolute atomic E-state index is 0.174. The molecule has 1 unspecified atom stereocenters. The maximum Gasteiger partial charge on any atom is 0.232 e. The number of amides is 1.